The number of piperidine rings is 1. The predicted molar refractivity (Wildman–Crippen MR) is 93.7 cm³/mol. The smallest absolute Gasteiger partial charge is 0.175 e. The lowest BCUT2D eigenvalue weighted by atomic mass is 9.98. The molecule has 1 saturated heterocycles. The van der Waals surface area contributed by atoms with Crippen molar-refractivity contribution < 1.29 is 9.47 Å². The number of halogens is 1. The average Bonchev–Trinajstić information content (AvgIpc) is 2.54. The van der Waals surface area contributed by atoms with Gasteiger partial charge in [0.2, 0.25) is 0 Å². The molecule has 22 heavy (non-hydrogen) atoms. The lowest BCUT2D eigenvalue weighted by Crippen LogP contribution is -2.33. The third kappa shape index (κ3) is 5.00. The Balaban J connectivity index is 1.92. The van der Waals surface area contributed by atoms with Crippen LogP contribution in [0.4, 0.5) is 0 Å². The Morgan fingerprint density at radius 1 is 1.41 bits per heavy atom. The molecule has 1 fully saturated rings. The van der Waals surface area contributed by atoms with Crippen molar-refractivity contribution in [2.45, 2.75) is 19.4 Å². The molecule has 0 aromatic heterocycles. The third-order valence-electron chi connectivity index (χ3n) is 3.86. The fourth-order valence-electron chi connectivity index (χ4n) is 2.66. The summed E-state index contributed by atoms with van der Waals surface area (Å²) in [4.78, 5) is 0. The molecule has 0 unspecified atom stereocenters. The molecule has 4 nitrogen and oxygen atoms in total. The Labute approximate surface area is 141 Å². The quantitative estimate of drug-likeness (QED) is 0.691. The van der Waals surface area contributed by atoms with E-state index in [1.165, 1.54) is 18.4 Å². The van der Waals surface area contributed by atoms with E-state index in [1.807, 2.05) is 6.07 Å². The van der Waals surface area contributed by atoms with Gasteiger partial charge in [0.15, 0.2) is 11.5 Å². The molecule has 1 aliphatic rings. The molecule has 122 valence electrons. The molecule has 0 atom stereocenters. The van der Waals surface area contributed by atoms with Crippen LogP contribution in [0.3, 0.4) is 0 Å². The minimum atomic E-state index is 0.461. The molecule has 0 saturated carbocycles. The highest BCUT2D eigenvalue weighted by molar-refractivity contribution is 9.10. The molecule has 1 aliphatic heterocycles. The van der Waals surface area contributed by atoms with Crippen molar-refractivity contribution in [2.24, 2.45) is 5.92 Å². The number of methoxy groups -OCH3 is 1. The molecule has 0 spiro atoms. The van der Waals surface area contributed by atoms with Gasteiger partial charge in [0.25, 0.3) is 0 Å². The van der Waals surface area contributed by atoms with Crippen LogP contribution in [0.15, 0.2) is 29.3 Å². The fraction of sp³-hybridized carbons (Fsp3) is 0.529. The van der Waals surface area contributed by atoms with Gasteiger partial charge in [-0.1, -0.05) is 12.7 Å². The van der Waals surface area contributed by atoms with Crippen LogP contribution >= 0.6 is 15.9 Å². The molecular weight excluding hydrogens is 344 g/mol. The summed E-state index contributed by atoms with van der Waals surface area (Å²) in [5.41, 5.74) is 1.18. The van der Waals surface area contributed by atoms with Crippen molar-refractivity contribution in [1.82, 2.24) is 10.6 Å². The average molecular weight is 369 g/mol. The highest BCUT2D eigenvalue weighted by atomic mass is 79.9. The Morgan fingerprint density at radius 3 is 2.86 bits per heavy atom. The lowest BCUT2D eigenvalue weighted by molar-refractivity contribution is 0.324. The second-order valence-electron chi connectivity index (χ2n) is 5.53. The van der Waals surface area contributed by atoms with Crippen molar-refractivity contribution in [2.75, 3.05) is 33.4 Å². The summed E-state index contributed by atoms with van der Waals surface area (Å²) in [5.74, 6) is 2.25. The fourth-order valence-corrected chi connectivity index (χ4v) is 3.27. The summed E-state index contributed by atoms with van der Waals surface area (Å²) < 4.78 is 12.0. The van der Waals surface area contributed by atoms with Crippen LogP contribution in [-0.4, -0.2) is 33.4 Å². The van der Waals surface area contributed by atoms with E-state index in [1.54, 1.807) is 13.2 Å². The van der Waals surface area contributed by atoms with Crippen molar-refractivity contribution in [3.63, 3.8) is 0 Å². The Bertz CT molecular complexity index is 488. The maximum Gasteiger partial charge on any atom is 0.175 e. The van der Waals surface area contributed by atoms with Gasteiger partial charge in [-0.3, -0.25) is 0 Å². The molecule has 0 amide bonds. The van der Waals surface area contributed by atoms with E-state index in [-0.39, 0.29) is 0 Å². The topological polar surface area (TPSA) is 42.5 Å². The largest absolute Gasteiger partial charge is 0.493 e. The van der Waals surface area contributed by atoms with Crippen LogP contribution in [0, 0.1) is 5.92 Å². The molecular formula is C17H25BrN2O2. The first kappa shape index (κ1) is 17.3. The van der Waals surface area contributed by atoms with Gasteiger partial charge in [-0.2, -0.15) is 0 Å². The Kier molecular flexibility index (Phi) is 7.22. The number of benzene rings is 1. The van der Waals surface area contributed by atoms with Gasteiger partial charge >= 0.3 is 0 Å². The van der Waals surface area contributed by atoms with Gasteiger partial charge in [-0.25, -0.2) is 0 Å². The van der Waals surface area contributed by atoms with Crippen LogP contribution in [0.1, 0.15) is 18.4 Å². The van der Waals surface area contributed by atoms with Gasteiger partial charge in [0.05, 0.1) is 11.6 Å². The van der Waals surface area contributed by atoms with Crippen LogP contribution in [0.2, 0.25) is 0 Å². The minimum absolute atomic E-state index is 0.461. The SMILES string of the molecule is C=CCOc1c(Br)cc(CNCC2CCNCC2)cc1OC. The molecule has 5 heteroatoms. The van der Waals surface area contributed by atoms with Crippen LogP contribution < -0.4 is 20.1 Å². The first-order valence-corrected chi connectivity index (χ1v) is 8.55. The number of hydrogen-bond donors (Lipinski definition) is 2. The number of ether oxygens (including phenoxy) is 2. The normalized spacial score (nSPS) is 15.5. The van der Waals surface area contributed by atoms with Crippen LogP contribution in [-0.2, 0) is 6.54 Å². The summed E-state index contributed by atoms with van der Waals surface area (Å²) >= 11 is 3.56. The minimum Gasteiger partial charge on any atom is -0.493 e. The first-order chi connectivity index (χ1) is 10.7. The van der Waals surface area contributed by atoms with E-state index in [0.29, 0.717) is 6.61 Å². The zero-order valence-electron chi connectivity index (χ0n) is 13.2. The first-order valence-electron chi connectivity index (χ1n) is 7.76. The molecule has 0 aliphatic carbocycles. The number of rotatable bonds is 8. The zero-order chi connectivity index (χ0) is 15.8. The molecule has 2 N–H and O–H groups in total. The van der Waals surface area contributed by atoms with E-state index in [9.17, 15) is 0 Å². The van der Waals surface area contributed by atoms with Gasteiger partial charge in [-0.05, 0) is 72.0 Å². The van der Waals surface area contributed by atoms with Crippen molar-refractivity contribution in [3.05, 3.63) is 34.8 Å². The van der Waals surface area contributed by atoms with Crippen molar-refractivity contribution in [1.29, 1.82) is 0 Å². The Morgan fingerprint density at radius 2 is 2.18 bits per heavy atom. The van der Waals surface area contributed by atoms with Crippen molar-refractivity contribution >= 4 is 15.9 Å². The van der Waals surface area contributed by atoms with Crippen molar-refractivity contribution in [3.8, 4) is 11.5 Å². The lowest BCUT2D eigenvalue weighted by Gasteiger charge is -2.23. The van der Waals surface area contributed by atoms with Gasteiger partial charge in [-0.15, -0.1) is 0 Å². The second-order valence-corrected chi connectivity index (χ2v) is 6.39. The summed E-state index contributed by atoms with van der Waals surface area (Å²) in [6, 6.07) is 4.11. The van der Waals surface area contributed by atoms with Gasteiger partial charge in [0, 0.05) is 6.54 Å². The van der Waals surface area contributed by atoms with E-state index in [4.69, 9.17) is 9.47 Å². The summed E-state index contributed by atoms with van der Waals surface area (Å²) in [7, 11) is 1.66. The summed E-state index contributed by atoms with van der Waals surface area (Å²) in [6.07, 6.45) is 4.24. The molecule has 0 radical (unpaired) electrons. The van der Waals surface area contributed by atoms with Crippen LogP contribution in [0.5, 0.6) is 11.5 Å². The van der Waals surface area contributed by atoms with Gasteiger partial charge < -0.3 is 20.1 Å². The molecule has 1 aromatic carbocycles. The summed E-state index contributed by atoms with van der Waals surface area (Å²) in [6.45, 7) is 8.31. The zero-order valence-corrected chi connectivity index (χ0v) is 14.7. The van der Waals surface area contributed by atoms with Gasteiger partial charge in [0.1, 0.15) is 6.61 Å². The predicted octanol–water partition coefficient (Wildman–Crippen LogP) is 3.11. The highest BCUT2D eigenvalue weighted by Gasteiger charge is 2.14. The van der Waals surface area contributed by atoms with E-state index < -0.39 is 0 Å². The summed E-state index contributed by atoms with van der Waals surface area (Å²) in [5, 5.41) is 6.95. The molecule has 1 heterocycles. The second kappa shape index (κ2) is 9.18. The molecule has 1 aromatic rings. The van der Waals surface area contributed by atoms with E-state index >= 15 is 0 Å². The number of hydrogen-bond acceptors (Lipinski definition) is 4. The monoisotopic (exact) mass is 368 g/mol. The van der Waals surface area contributed by atoms with E-state index in [0.717, 1.165) is 48.1 Å². The molecule has 0 bridgehead atoms. The third-order valence-corrected chi connectivity index (χ3v) is 4.44. The standard InChI is InChI=1S/C17H25BrN2O2/c1-3-8-22-17-15(18)9-14(10-16(17)21-2)12-20-11-13-4-6-19-7-5-13/h3,9-10,13,19-20H,1,4-8,11-12H2,2H3. The van der Waals surface area contributed by atoms with Crippen LogP contribution in [0.25, 0.3) is 0 Å². The maximum absolute atomic E-state index is 5.65. The van der Waals surface area contributed by atoms with E-state index in [2.05, 4.69) is 39.2 Å². The Hall–Kier alpha value is -1.04. The maximum atomic E-state index is 5.65. The molecule has 2 rings (SSSR count). The number of nitrogens with one attached hydrogen (secondary N) is 2. The highest BCUT2D eigenvalue weighted by Crippen LogP contribution is 2.36.